The lowest BCUT2D eigenvalue weighted by atomic mass is 10.1. The number of non-ortho nitro benzene ring substituents is 1. The molecule has 2 aromatic rings. The van der Waals surface area contributed by atoms with Crippen molar-refractivity contribution in [1.29, 1.82) is 0 Å². The Kier molecular flexibility index (Phi) is 10.6. The lowest BCUT2D eigenvalue weighted by molar-refractivity contribution is -0.384. The SMILES string of the molecule is CC[C@H](C(=O)NC(C)(C)C)N(Cc1ccc(Cl)c(Cl)c1)C(=O)CN(c1cc([N+](=O)[O-])ccc1OC)S(C)(=O)=O. The van der Waals surface area contributed by atoms with Crippen molar-refractivity contribution >= 4 is 56.4 Å². The number of benzene rings is 2. The first kappa shape index (κ1) is 32.1. The maximum atomic E-state index is 13.8. The van der Waals surface area contributed by atoms with Gasteiger partial charge in [0.1, 0.15) is 24.0 Å². The Labute approximate surface area is 238 Å². The van der Waals surface area contributed by atoms with Crippen molar-refractivity contribution < 1.29 is 27.7 Å². The Bertz CT molecular complexity index is 1350. The molecule has 0 aliphatic heterocycles. The van der Waals surface area contributed by atoms with Gasteiger partial charge in [0, 0.05) is 24.2 Å². The Hall–Kier alpha value is -3.09. The van der Waals surface area contributed by atoms with Crippen LogP contribution in [0.25, 0.3) is 0 Å². The summed E-state index contributed by atoms with van der Waals surface area (Å²) in [7, 11) is -2.87. The molecular weight excluding hydrogens is 571 g/mol. The van der Waals surface area contributed by atoms with Crippen LogP contribution in [0, 0.1) is 10.1 Å². The lowest BCUT2D eigenvalue weighted by Gasteiger charge is -2.34. The number of sulfonamides is 1. The summed E-state index contributed by atoms with van der Waals surface area (Å²) in [6.07, 6.45) is 1.08. The van der Waals surface area contributed by atoms with E-state index in [0.29, 0.717) is 10.6 Å². The van der Waals surface area contributed by atoms with Gasteiger partial charge in [0.2, 0.25) is 21.8 Å². The number of carbonyl (C=O) groups is 2. The van der Waals surface area contributed by atoms with Crippen molar-refractivity contribution in [3.05, 3.63) is 62.1 Å². The molecule has 0 bridgehead atoms. The van der Waals surface area contributed by atoms with Gasteiger partial charge in [-0.1, -0.05) is 36.2 Å². The van der Waals surface area contributed by atoms with E-state index in [0.717, 1.165) is 22.7 Å². The number of nitrogens with one attached hydrogen (secondary N) is 1. The highest BCUT2D eigenvalue weighted by atomic mass is 35.5. The lowest BCUT2D eigenvalue weighted by Crippen LogP contribution is -2.55. The summed E-state index contributed by atoms with van der Waals surface area (Å²) in [5, 5.41) is 14.8. The second-order valence-corrected chi connectivity index (χ2v) is 12.5. The summed E-state index contributed by atoms with van der Waals surface area (Å²) in [5.74, 6) is -1.15. The zero-order valence-corrected chi connectivity index (χ0v) is 24.9. The summed E-state index contributed by atoms with van der Waals surface area (Å²) >= 11 is 12.2. The van der Waals surface area contributed by atoms with Crippen molar-refractivity contribution in [2.75, 3.05) is 24.2 Å². The molecule has 0 saturated carbocycles. The quantitative estimate of drug-likeness (QED) is 0.297. The summed E-state index contributed by atoms with van der Waals surface area (Å²) in [4.78, 5) is 39.0. The highest BCUT2D eigenvalue weighted by molar-refractivity contribution is 7.92. The first-order valence-corrected chi connectivity index (χ1v) is 14.4. The van der Waals surface area contributed by atoms with E-state index >= 15 is 0 Å². The Balaban J connectivity index is 2.60. The minimum absolute atomic E-state index is 0.00683. The molecule has 0 aromatic heterocycles. The minimum Gasteiger partial charge on any atom is -0.495 e. The van der Waals surface area contributed by atoms with E-state index in [-0.39, 0.29) is 29.4 Å². The topological polar surface area (TPSA) is 139 Å². The molecule has 14 heteroatoms. The number of halogens is 2. The molecule has 2 aromatic carbocycles. The van der Waals surface area contributed by atoms with Crippen molar-refractivity contribution in [3.8, 4) is 5.75 Å². The summed E-state index contributed by atoms with van der Waals surface area (Å²) in [6.45, 7) is 6.26. The van der Waals surface area contributed by atoms with Gasteiger partial charge in [-0.25, -0.2) is 8.42 Å². The summed E-state index contributed by atoms with van der Waals surface area (Å²) < 4.78 is 31.7. The van der Waals surface area contributed by atoms with Crippen molar-refractivity contribution in [2.45, 2.75) is 52.2 Å². The molecular formula is C25H32Cl2N4O7S. The smallest absolute Gasteiger partial charge is 0.271 e. The number of nitrogens with zero attached hydrogens (tertiary/aromatic N) is 3. The molecule has 11 nitrogen and oxygen atoms in total. The molecule has 0 aliphatic carbocycles. The number of nitro groups is 1. The van der Waals surface area contributed by atoms with E-state index in [9.17, 15) is 28.1 Å². The van der Waals surface area contributed by atoms with Gasteiger partial charge in [0.25, 0.3) is 5.69 Å². The van der Waals surface area contributed by atoms with Gasteiger partial charge in [0.15, 0.2) is 0 Å². The van der Waals surface area contributed by atoms with E-state index in [2.05, 4.69) is 5.32 Å². The van der Waals surface area contributed by atoms with E-state index in [4.69, 9.17) is 27.9 Å². The van der Waals surface area contributed by atoms with E-state index in [1.54, 1.807) is 45.9 Å². The number of methoxy groups -OCH3 is 1. The summed E-state index contributed by atoms with van der Waals surface area (Å²) in [5.41, 5.74) is -0.629. The van der Waals surface area contributed by atoms with Crippen molar-refractivity contribution in [2.24, 2.45) is 0 Å². The van der Waals surface area contributed by atoms with Gasteiger partial charge in [-0.15, -0.1) is 0 Å². The van der Waals surface area contributed by atoms with Crippen LogP contribution in [0.15, 0.2) is 36.4 Å². The average molecular weight is 604 g/mol. The normalized spacial score (nSPS) is 12.4. The number of ether oxygens (including phenoxy) is 1. The zero-order chi connectivity index (χ0) is 29.7. The van der Waals surface area contributed by atoms with Crippen LogP contribution >= 0.6 is 23.2 Å². The van der Waals surface area contributed by atoms with Gasteiger partial charge in [-0.2, -0.15) is 0 Å². The molecule has 0 unspecified atom stereocenters. The molecule has 39 heavy (non-hydrogen) atoms. The van der Waals surface area contributed by atoms with Crippen LogP contribution in [0.5, 0.6) is 5.75 Å². The highest BCUT2D eigenvalue weighted by Crippen LogP contribution is 2.34. The number of hydrogen-bond donors (Lipinski definition) is 1. The van der Waals surface area contributed by atoms with Gasteiger partial charge in [-0.05, 0) is 51.0 Å². The van der Waals surface area contributed by atoms with E-state index in [1.165, 1.54) is 18.1 Å². The van der Waals surface area contributed by atoms with Crippen LogP contribution in [-0.2, 0) is 26.2 Å². The molecule has 214 valence electrons. The van der Waals surface area contributed by atoms with Crippen LogP contribution in [0.1, 0.15) is 39.7 Å². The van der Waals surface area contributed by atoms with Gasteiger partial charge < -0.3 is 15.0 Å². The van der Waals surface area contributed by atoms with Crippen LogP contribution in [0.4, 0.5) is 11.4 Å². The van der Waals surface area contributed by atoms with Crippen LogP contribution in [-0.4, -0.2) is 61.5 Å². The second kappa shape index (κ2) is 12.8. The van der Waals surface area contributed by atoms with Crippen molar-refractivity contribution in [3.63, 3.8) is 0 Å². The molecule has 1 N–H and O–H groups in total. The predicted molar refractivity (Wildman–Crippen MR) is 151 cm³/mol. The minimum atomic E-state index is -4.14. The standard InChI is InChI=1S/C25H32Cl2N4O7S/c1-7-20(24(33)28-25(2,3)4)29(14-16-8-10-18(26)19(27)12-16)23(32)15-30(39(6,36)37)21-13-17(31(34)35)9-11-22(21)38-5/h8-13,20H,7,14-15H2,1-6H3,(H,28,33)/t20-/m1/s1. The average Bonchev–Trinajstić information content (AvgIpc) is 2.82. The molecule has 2 amide bonds. The molecule has 0 fully saturated rings. The van der Waals surface area contributed by atoms with Gasteiger partial charge in [0.05, 0.1) is 28.3 Å². The fraction of sp³-hybridized carbons (Fsp3) is 0.440. The zero-order valence-electron chi connectivity index (χ0n) is 22.5. The maximum absolute atomic E-state index is 13.8. The molecule has 1 atom stereocenters. The number of rotatable bonds is 11. The van der Waals surface area contributed by atoms with E-state index in [1.807, 2.05) is 0 Å². The largest absolute Gasteiger partial charge is 0.495 e. The van der Waals surface area contributed by atoms with Crippen LogP contribution in [0.2, 0.25) is 10.0 Å². The van der Waals surface area contributed by atoms with Gasteiger partial charge >= 0.3 is 0 Å². The number of anilines is 1. The highest BCUT2D eigenvalue weighted by Gasteiger charge is 2.34. The third-order valence-corrected chi connectivity index (χ3v) is 7.41. The first-order valence-electron chi connectivity index (χ1n) is 11.8. The number of amides is 2. The maximum Gasteiger partial charge on any atom is 0.271 e. The third-order valence-electron chi connectivity index (χ3n) is 5.54. The fourth-order valence-electron chi connectivity index (χ4n) is 3.79. The molecule has 0 heterocycles. The molecule has 0 radical (unpaired) electrons. The third kappa shape index (κ3) is 8.70. The van der Waals surface area contributed by atoms with Crippen molar-refractivity contribution in [1.82, 2.24) is 10.2 Å². The molecule has 0 spiro atoms. The number of nitro benzene ring substituents is 1. The second-order valence-electron chi connectivity index (χ2n) is 9.82. The Morgan fingerprint density at radius 2 is 1.77 bits per heavy atom. The number of carbonyl (C=O) groups excluding carboxylic acids is 2. The molecule has 0 aliphatic rings. The molecule has 2 rings (SSSR count). The summed E-state index contributed by atoms with van der Waals surface area (Å²) in [6, 6.07) is 7.19. The Morgan fingerprint density at radius 3 is 2.26 bits per heavy atom. The monoisotopic (exact) mass is 602 g/mol. The van der Waals surface area contributed by atoms with Gasteiger partial charge in [-0.3, -0.25) is 24.0 Å². The van der Waals surface area contributed by atoms with E-state index < -0.39 is 50.6 Å². The first-order chi connectivity index (χ1) is 18.0. The van der Waals surface area contributed by atoms with Crippen LogP contribution in [0.3, 0.4) is 0 Å². The number of hydrogen-bond acceptors (Lipinski definition) is 7. The fourth-order valence-corrected chi connectivity index (χ4v) is 4.95. The molecule has 0 saturated heterocycles. The van der Waals surface area contributed by atoms with Crippen LogP contribution < -0.4 is 14.4 Å². The Morgan fingerprint density at radius 1 is 1.13 bits per heavy atom. The predicted octanol–water partition coefficient (Wildman–Crippen LogP) is 4.40.